The van der Waals surface area contributed by atoms with Crippen LogP contribution in [-0.4, -0.2) is 40.1 Å². The van der Waals surface area contributed by atoms with Crippen LogP contribution < -0.4 is 14.8 Å². The molecule has 1 amide bonds. The van der Waals surface area contributed by atoms with Crippen LogP contribution in [-0.2, 0) is 0 Å². The molecule has 2 aromatic heterocycles. The molecule has 2 heterocycles. The highest BCUT2D eigenvalue weighted by Gasteiger charge is 2.21. The van der Waals surface area contributed by atoms with Crippen molar-refractivity contribution >= 4 is 22.4 Å². The molecule has 0 radical (unpaired) electrons. The van der Waals surface area contributed by atoms with Gasteiger partial charge in [-0.15, -0.1) is 10.2 Å². The van der Waals surface area contributed by atoms with Gasteiger partial charge in [0.1, 0.15) is 10.7 Å². The zero-order chi connectivity index (χ0) is 24.2. The maximum atomic E-state index is 13.4. The molecule has 9 heteroatoms. The molecule has 0 atom stereocenters. The number of methoxy groups -OCH3 is 2. The second-order valence-electron chi connectivity index (χ2n) is 7.47. The molecule has 5 aromatic rings. The number of para-hydroxylation sites is 1. The third kappa shape index (κ3) is 4.62. The Kier molecular flexibility index (Phi) is 6.23. The number of benzene rings is 3. The molecule has 1 N–H and O–H groups in total. The number of carbonyl (C=O) groups is 1. The number of hydrogen-bond donors (Lipinski definition) is 1. The van der Waals surface area contributed by atoms with Gasteiger partial charge in [-0.1, -0.05) is 59.9 Å². The molecule has 0 aliphatic rings. The standard InChI is InChI=1S/C26H21N5O3S/c1-33-21-14-13-18(15-22(21)34-2)23-20(16-31(30-23)19-11-7-4-8-12-19)24(32)27-26-29-28-25(35-26)17-9-5-3-6-10-17/h3-16H,1-2H3,(H,27,29,32). The summed E-state index contributed by atoms with van der Waals surface area (Å²) in [7, 11) is 3.14. The van der Waals surface area contributed by atoms with Crippen LogP contribution in [0.15, 0.2) is 85.1 Å². The second-order valence-corrected chi connectivity index (χ2v) is 8.45. The lowest BCUT2D eigenvalue weighted by molar-refractivity contribution is 0.102. The van der Waals surface area contributed by atoms with Gasteiger partial charge in [-0.2, -0.15) is 5.10 Å². The van der Waals surface area contributed by atoms with E-state index in [2.05, 4.69) is 15.5 Å². The number of anilines is 1. The van der Waals surface area contributed by atoms with E-state index in [1.54, 1.807) is 37.2 Å². The highest BCUT2D eigenvalue weighted by atomic mass is 32.1. The maximum Gasteiger partial charge on any atom is 0.261 e. The van der Waals surface area contributed by atoms with Crippen molar-refractivity contribution in [1.82, 2.24) is 20.0 Å². The van der Waals surface area contributed by atoms with Crippen LogP contribution in [0.3, 0.4) is 0 Å². The Labute approximate surface area is 205 Å². The first-order valence-electron chi connectivity index (χ1n) is 10.7. The fourth-order valence-corrected chi connectivity index (χ4v) is 4.33. The van der Waals surface area contributed by atoms with E-state index in [9.17, 15) is 4.79 Å². The first-order valence-corrected chi connectivity index (χ1v) is 11.6. The number of carbonyl (C=O) groups excluding carboxylic acids is 1. The van der Waals surface area contributed by atoms with Crippen LogP contribution >= 0.6 is 11.3 Å². The highest BCUT2D eigenvalue weighted by Crippen LogP contribution is 2.34. The summed E-state index contributed by atoms with van der Waals surface area (Å²) in [6.45, 7) is 0. The van der Waals surface area contributed by atoms with Crippen LogP contribution in [0.1, 0.15) is 10.4 Å². The molecule has 5 rings (SSSR count). The molecule has 35 heavy (non-hydrogen) atoms. The Morgan fingerprint density at radius 1 is 0.857 bits per heavy atom. The zero-order valence-corrected chi connectivity index (χ0v) is 19.8. The van der Waals surface area contributed by atoms with Crippen LogP contribution in [0.5, 0.6) is 11.5 Å². The largest absolute Gasteiger partial charge is 0.493 e. The Balaban J connectivity index is 1.52. The van der Waals surface area contributed by atoms with Crippen LogP contribution in [0.2, 0.25) is 0 Å². The number of aromatic nitrogens is 4. The number of ether oxygens (including phenoxy) is 2. The van der Waals surface area contributed by atoms with Crippen molar-refractivity contribution in [3.05, 3.63) is 90.6 Å². The minimum Gasteiger partial charge on any atom is -0.493 e. The molecule has 174 valence electrons. The SMILES string of the molecule is COc1ccc(-c2nn(-c3ccccc3)cc2C(=O)Nc2nnc(-c3ccccc3)s2)cc1OC. The number of rotatable bonds is 7. The topological polar surface area (TPSA) is 91.2 Å². The summed E-state index contributed by atoms with van der Waals surface area (Å²) in [5.74, 6) is 0.794. The molecular weight excluding hydrogens is 462 g/mol. The molecule has 0 saturated carbocycles. The molecule has 0 spiro atoms. The van der Waals surface area contributed by atoms with Gasteiger partial charge in [0.25, 0.3) is 5.91 Å². The van der Waals surface area contributed by atoms with E-state index in [1.807, 2.05) is 66.7 Å². The smallest absolute Gasteiger partial charge is 0.261 e. The first-order chi connectivity index (χ1) is 17.2. The van der Waals surface area contributed by atoms with Gasteiger partial charge in [-0.25, -0.2) is 4.68 Å². The molecule has 0 bridgehead atoms. The van der Waals surface area contributed by atoms with Gasteiger partial charge in [-0.3, -0.25) is 10.1 Å². The third-order valence-corrected chi connectivity index (χ3v) is 6.19. The van der Waals surface area contributed by atoms with Crippen molar-refractivity contribution in [3.63, 3.8) is 0 Å². The van der Waals surface area contributed by atoms with E-state index in [0.29, 0.717) is 33.5 Å². The monoisotopic (exact) mass is 483 g/mol. The Morgan fingerprint density at radius 3 is 2.29 bits per heavy atom. The summed E-state index contributed by atoms with van der Waals surface area (Å²) in [6, 6.07) is 24.7. The maximum absolute atomic E-state index is 13.4. The number of nitrogens with zero attached hydrogens (tertiary/aromatic N) is 4. The van der Waals surface area contributed by atoms with Gasteiger partial charge in [0, 0.05) is 17.3 Å². The minimum absolute atomic E-state index is 0.340. The van der Waals surface area contributed by atoms with Gasteiger partial charge in [0.15, 0.2) is 11.5 Å². The van der Waals surface area contributed by atoms with E-state index in [0.717, 1.165) is 16.3 Å². The second kappa shape index (κ2) is 9.78. The predicted octanol–water partition coefficient (Wildman–Crippen LogP) is 5.33. The van der Waals surface area contributed by atoms with Crippen LogP contribution in [0.4, 0.5) is 5.13 Å². The number of hydrogen-bond acceptors (Lipinski definition) is 7. The molecule has 0 unspecified atom stereocenters. The molecule has 3 aromatic carbocycles. The van der Waals surface area contributed by atoms with Crippen molar-refractivity contribution in [2.75, 3.05) is 19.5 Å². The molecular formula is C26H21N5O3S. The van der Waals surface area contributed by atoms with Gasteiger partial charge in [0.05, 0.1) is 25.5 Å². The van der Waals surface area contributed by atoms with E-state index in [4.69, 9.17) is 14.6 Å². The molecule has 0 fully saturated rings. The van der Waals surface area contributed by atoms with Gasteiger partial charge >= 0.3 is 0 Å². The predicted molar refractivity (Wildman–Crippen MR) is 135 cm³/mol. The Bertz CT molecular complexity index is 1470. The minimum atomic E-state index is -0.340. The highest BCUT2D eigenvalue weighted by molar-refractivity contribution is 7.18. The molecule has 0 saturated heterocycles. The summed E-state index contributed by atoms with van der Waals surface area (Å²) < 4.78 is 12.5. The lowest BCUT2D eigenvalue weighted by atomic mass is 10.1. The average molecular weight is 484 g/mol. The van der Waals surface area contributed by atoms with Crippen molar-refractivity contribution in [2.24, 2.45) is 0 Å². The van der Waals surface area contributed by atoms with Crippen molar-refractivity contribution in [2.45, 2.75) is 0 Å². The normalized spacial score (nSPS) is 10.7. The first kappa shape index (κ1) is 22.3. The molecule has 8 nitrogen and oxygen atoms in total. The van der Waals surface area contributed by atoms with Crippen LogP contribution in [0.25, 0.3) is 27.5 Å². The zero-order valence-electron chi connectivity index (χ0n) is 19.0. The lowest BCUT2D eigenvalue weighted by Crippen LogP contribution is -2.12. The number of amides is 1. The van der Waals surface area contributed by atoms with E-state index in [1.165, 1.54) is 11.3 Å². The van der Waals surface area contributed by atoms with Crippen LogP contribution in [0, 0.1) is 0 Å². The summed E-state index contributed by atoms with van der Waals surface area (Å²) in [5, 5.41) is 17.1. The van der Waals surface area contributed by atoms with Crippen molar-refractivity contribution < 1.29 is 14.3 Å². The molecule has 0 aliphatic carbocycles. The van der Waals surface area contributed by atoms with Gasteiger partial charge in [0.2, 0.25) is 5.13 Å². The Morgan fingerprint density at radius 2 is 1.57 bits per heavy atom. The van der Waals surface area contributed by atoms with Crippen molar-refractivity contribution in [1.29, 1.82) is 0 Å². The summed E-state index contributed by atoms with van der Waals surface area (Å²) in [4.78, 5) is 13.4. The summed E-state index contributed by atoms with van der Waals surface area (Å²) >= 11 is 1.31. The van der Waals surface area contributed by atoms with E-state index < -0.39 is 0 Å². The lowest BCUT2D eigenvalue weighted by Gasteiger charge is -2.09. The Hall–Kier alpha value is -4.50. The average Bonchev–Trinajstić information content (AvgIpc) is 3.57. The van der Waals surface area contributed by atoms with Gasteiger partial charge < -0.3 is 9.47 Å². The fourth-order valence-electron chi connectivity index (χ4n) is 3.59. The third-order valence-electron chi connectivity index (χ3n) is 5.30. The van der Waals surface area contributed by atoms with Gasteiger partial charge in [-0.05, 0) is 30.3 Å². The fraction of sp³-hybridized carbons (Fsp3) is 0.0769. The van der Waals surface area contributed by atoms with E-state index in [-0.39, 0.29) is 5.91 Å². The number of nitrogens with one attached hydrogen (secondary N) is 1. The summed E-state index contributed by atoms with van der Waals surface area (Å²) in [5.41, 5.74) is 3.37. The van der Waals surface area contributed by atoms with E-state index >= 15 is 0 Å². The summed E-state index contributed by atoms with van der Waals surface area (Å²) in [6.07, 6.45) is 1.70. The van der Waals surface area contributed by atoms with Crippen molar-refractivity contribution in [3.8, 4) is 39.0 Å². The molecule has 0 aliphatic heterocycles. The quantitative estimate of drug-likeness (QED) is 0.337.